The first-order valence-corrected chi connectivity index (χ1v) is 9.54. The Balaban J connectivity index is 1.87. The number of thioether (sulfide) groups is 1. The van der Waals surface area contributed by atoms with Crippen LogP contribution in [0.3, 0.4) is 0 Å². The summed E-state index contributed by atoms with van der Waals surface area (Å²) in [5.74, 6) is -0.0176. The third kappa shape index (κ3) is 4.59. The van der Waals surface area contributed by atoms with Gasteiger partial charge in [0.25, 0.3) is 0 Å². The van der Waals surface area contributed by atoms with Crippen molar-refractivity contribution in [2.24, 2.45) is 0 Å². The van der Waals surface area contributed by atoms with Crippen LogP contribution in [0.1, 0.15) is 28.4 Å². The number of hydrogen-bond acceptors (Lipinski definition) is 6. The average molecular weight is 399 g/mol. The van der Waals surface area contributed by atoms with Gasteiger partial charge in [0.1, 0.15) is 12.2 Å². The van der Waals surface area contributed by atoms with Crippen molar-refractivity contribution < 1.29 is 10.2 Å². The number of aliphatic hydroxyl groups excluding tert-OH is 1. The van der Waals surface area contributed by atoms with E-state index >= 15 is 0 Å². The fourth-order valence-corrected chi connectivity index (χ4v) is 3.54. The van der Waals surface area contributed by atoms with E-state index in [0.717, 1.165) is 0 Å². The summed E-state index contributed by atoms with van der Waals surface area (Å²) in [7, 11) is 0. The molecule has 0 heterocycles. The number of hydrogen-bond donors (Lipinski definition) is 3. The van der Waals surface area contributed by atoms with Gasteiger partial charge in [-0.3, -0.25) is 0 Å². The molecule has 1 atom stereocenters. The standard InChI is InChI=1S/C23H17N3O2S/c24-12-15-7-9-16(10-8-15)22(27)18-4-1-3-17(11-18)19(13-25)14-29-21-6-2-5-20(26)23(21)28/h1-11,14,22,27-28H,26H2/b19-14-. The number of phenolic OH excluding ortho intramolecular Hbond substituents is 1. The molecule has 0 aliphatic rings. The Morgan fingerprint density at radius 3 is 2.41 bits per heavy atom. The lowest BCUT2D eigenvalue weighted by atomic mass is 9.97. The van der Waals surface area contributed by atoms with Crippen LogP contribution >= 0.6 is 11.8 Å². The predicted molar refractivity (Wildman–Crippen MR) is 114 cm³/mol. The zero-order valence-corrected chi connectivity index (χ0v) is 16.1. The number of anilines is 1. The lowest BCUT2D eigenvalue weighted by Crippen LogP contribution is -2.00. The summed E-state index contributed by atoms with van der Waals surface area (Å²) < 4.78 is 0. The quantitative estimate of drug-likeness (QED) is 0.250. The molecule has 0 amide bonds. The van der Waals surface area contributed by atoms with E-state index in [1.165, 1.54) is 11.8 Å². The molecule has 5 nitrogen and oxygen atoms in total. The van der Waals surface area contributed by atoms with E-state index in [1.807, 2.05) is 6.07 Å². The molecule has 1 unspecified atom stereocenters. The summed E-state index contributed by atoms with van der Waals surface area (Å²) in [5.41, 5.74) is 8.82. The molecule has 6 heteroatoms. The number of phenols is 1. The van der Waals surface area contributed by atoms with Crippen LogP contribution in [0.4, 0.5) is 5.69 Å². The average Bonchev–Trinajstić information content (AvgIpc) is 2.76. The van der Waals surface area contributed by atoms with E-state index < -0.39 is 6.10 Å². The van der Waals surface area contributed by atoms with Crippen LogP contribution in [-0.2, 0) is 0 Å². The van der Waals surface area contributed by atoms with Crippen LogP contribution in [-0.4, -0.2) is 10.2 Å². The van der Waals surface area contributed by atoms with Crippen molar-refractivity contribution in [1.29, 1.82) is 10.5 Å². The number of allylic oxidation sites excluding steroid dienone is 1. The van der Waals surface area contributed by atoms with Gasteiger partial charge in [-0.1, -0.05) is 48.2 Å². The van der Waals surface area contributed by atoms with Crippen molar-refractivity contribution in [3.8, 4) is 17.9 Å². The molecule has 0 saturated carbocycles. The second-order valence-electron chi connectivity index (χ2n) is 6.22. The Morgan fingerprint density at radius 1 is 1.00 bits per heavy atom. The Labute approximate surface area is 173 Å². The maximum absolute atomic E-state index is 10.7. The van der Waals surface area contributed by atoms with E-state index in [9.17, 15) is 15.5 Å². The minimum atomic E-state index is -0.881. The van der Waals surface area contributed by atoms with Gasteiger partial charge in [-0.05, 0) is 52.4 Å². The second-order valence-corrected chi connectivity index (χ2v) is 7.13. The zero-order chi connectivity index (χ0) is 20.8. The van der Waals surface area contributed by atoms with E-state index in [2.05, 4.69) is 6.07 Å². The van der Waals surface area contributed by atoms with Crippen molar-refractivity contribution >= 4 is 23.0 Å². The lowest BCUT2D eigenvalue weighted by molar-refractivity contribution is 0.220. The molecular formula is C23H17N3O2S. The van der Waals surface area contributed by atoms with Crippen LogP contribution in [0, 0.1) is 22.7 Å². The van der Waals surface area contributed by atoms with Crippen LogP contribution in [0.5, 0.6) is 5.75 Å². The molecule has 0 radical (unpaired) electrons. The monoisotopic (exact) mass is 399 g/mol. The summed E-state index contributed by atoms with van der Waals surface area (Å²) >= 11 is 1.20. The SMILES string of the molecule is N#C/C(=C/Sc1cccc(N)c1O)c1cccc(C(O)c2ccc(C#N)cc2)c1. The molecule has 3 rings (SSSR count). The Kier molecular flexibility index (Phi) is 6.21. The van der Waals surface area contributed by atoms with Gasteiger partial charge in [0.2, 0.25) is 0 Å². The number of aromatic hydroxyl groups is 1. The summed E-state index contributed by atoms with van der Waals surface area (Å²) in [6.07, 6.45) is -0.881. The molecule has 0 saturated heterocycles. The highest BCUT2D eigenvalue weighted by Gasteiger charge is 2.12. The number of nitriles is 2. The van der Waals surface area contributed by atoms with E-state index in [-0.39, 0.29) is 11.4 Å². The molecule has 0 bridgehead atoms. The molecule has 0 aromatic heterocycles. The number of aliphatic hydroxyl groups is 1. The molecule has 3 aromatic rings. The Morgan fingerprint density at radius 2 is 1.72 bits per heavy atom. The molecule has 0 aliphatic carbocycles. The van der Waals surface area contributed by atoms with Gasteiger partial charge in [0.05, 0.1) is 27.8 Å². The maximum atomic E-state index is 10.7. The fourth-order valence-electron chi connectivity index (χ4n) is 2.72. The Hall–Kier alpha value is -3.71. The second kappa shape index (κ2) is 8.99. The molecule has 29 heavy (non-hydrogen) atoms. The first kappa shape index (κ1) is 20.0. The number of benzene rings is 3. The maximum Gasteiger partial charge on any atom is 0.152 e. The van der Waals surface area contributed by atoms with E-state index in [4.69, 9.17) is 11.0 Å². The number of nitrogen functional groups attached to an aromatic ring is 1. The number of para-hydroxylation sites is 1. The Bertz CT molecular complexity index is 1140. The highest BCUT2D eigenvalue weighted by molar-refractivity contribution is 8.02. The van der Waals surface area contributed by atoms with Crippen molar-refractivity contribution in [2.75, 3.05) is 5.73 Å². The fraction of sp³-hybridized carbons (Fsp3) is 0.0435. The summed E-state index contributed by atoms with van der Waals surface area (Å²) in [4.78, 5) is 0.548. The van der Waals surface area contributed by atoms with Gasteiger partial charge in [0, 0.05) is 0 Å². The normalized spacial score (nSPS) is 12.0. The predicted octanol–water partition coefficient (Wildman–Crippen LogP) is 4.58. The number of nitrogens with two attached hydrogens (primary N) is 1. The highest BCUT2D eigenvalue weighted by atomic mass is 32.2. The lowest BCUT2D eigenvalue weighted by Gasteiger charge is -2.13. The molecule has 0 fully saturated rings. The summed E-state index contributed by atoms with van der Waals surface area (Å²) in [5, 5.41) is 40.8. The van der Waals surface area contributed by atoms with Gasteiger partial charge in [-0.25, -0.2) is 0 Å². The van der Waals surface area contributed by atoms with Crippen LogP contribution in [0.25, 0.3) is 5.57 Å². The van der Waals surface area contributed by atoms with Crippen molar-refractivity contribution in [2.45, 2.75) is 11.0 Å². The van der Waals surface area contributed by atoms with Crippen molar-refractivity contribution in [3.05, 3.63) is 94.4 Å². The van der Waals surface area contributed by atoms with Crippen molar-refractivity contribution in [3.63, 3.8) is 0 Å². The van der Waals surface area contributed by atoms with Crippen LogP contribution < -0.4 is 5.73 Å². The first-order valence-electron chi connectivity index (χ1n) is 8.66. The molecule has 4 N–H and O–H groups in total. The van der Waals surface area contributed by atoms with Gasteiger partial charge >= 0.3 is 0 Å². The molecule has 0 spiro atoms. The molecule has 142 valence electrons. The number of nitrogens with zero attached hydrogens (tertiary/aromatic N) is 2. The highest BCUT2D eigenvalue weighted by Crippen LogP contribution is 2.35. The van der Waals surface area contributed by atoms with E-state index in [1.54, 1.807) is 72.1 Å². The smallest absolute Gasteiger partial charge is 0.152 e. The largest absolute Gasteiger partial charge is 0.505 e. The summed E-state index contributed by atoms with van der Waals surface area (Å²) in [6, 6.07) is 23.0. The van der Waals surface area contributed by atoms with Crippen LogP contribution in [0.15, 0.2) is 77.0 Å². The van der Waals surface area contributed by atoms with Gasteiger partial charge in [0.15, 0.2) is 5.75 Å². The molecule has 3 aromatic carbocycles. The number of rotatable bonds is 5. The minimum Gasteiger partial charge on any atom is -0.505 e. The van der Waals surface area contributed by atoms with Gasteiger partial charge < -0.3 is 15.9 Å². The van der Waals surface area contributed by atoms with Crippen LogP contribution in [0.2, 0.25) is 0 Å². The topological polar surface area (TPSA) is 114 Å². The molecular weight excluding hydrogens is 382 g/mol. The first-order chi connectivity index (χ1) is 14.0. The van der Waals surface area contributed by atoms with Gasteiger partial charge in [-0.15, -0.1) is 0 Å². The van der Waals surface area contributed by atoms with Crippen molar-refractivity contribution in [1.82, 2.24) is 0 Å². The third-order valence-corrected chi connectivity index (χ3v) is 5.26. The summed E-state index contributed by atoms with van der Waals surface area (Å²) in [6.45, 7) is 0. The minimum absolute atomic E-state index is 0.0176. The van der Waals surface area contributed by atoms with Gasteiger partial charge in [-0.2, -0.15) is 10.5 Å². The van der Waals surface area contributed by atoms with E-state index in [0.29, 0.717) is 32.7 Å². The molecule has 0 aliphatic heterocycles. The zero-order valence-electron chi connectivity index (χ0n) is 15.3. The third-order valence-electron chi connectivity index (χ3n) is 4.32.